The zero-order valence-electron chi connectivity index (χ0n) is 17.6. The number of benzene rings is 2. The first-order chi connectivity index (χ1) is 14.6. The van der Waals surface area contributed by atoms with Crippen molar-refractivity contribution in [3.8, 4) is 17.2 Å². The van der Waals surface area contributed by atoms with Crippen molar-refractivity contribution in [3.05, 3.63) is 54.1 Å². The number of carbonyl (C=O) groups excluding carboxylic acids is 1. The Morgan fingerprint density at radius 1 is 1.00 bits per heavy atom. The van der Waals surface area contributed by atoms with E-state index in [4.69, 9.17) is 14.2 Å². The van der Waals surface area contributed by atoms with Crippen LogP contribution in [-0.2, 0) is 0 Å². The molecule has 0 spiro atoms. The van der Waals surface area contributed by atoms with Gasteiger partial charge < -0.3 is 24.2 Å². The summed E-state index contributed by atoms with van der Waals surface area (Å²) in [5.74, 6) is 2.18. The molecule has 3 rings (SSSR count). The Labute approximate surface area is 177 Å². The Bertz CT molecular complexity index is 803. The fourth-order valence-corrected chi connectivity index (χ4v) is 3.41. The third-order valence-electron chi connectivity index (χ3n) is 5.02. The van der Waals surface area contributed by atoms with E-state index in [2.05, 4.69) is 4.90 Å². The number of β-amino-alcohol motifs (C(OH)–C–C–N with tert-alkyl or cyclic N) is 1. The van der Waals surface area contributed by atoms with Crippen molar-refractivity contribution in [2.45, 2.75) is 13.0 Å². The van der Waals surface area contributed by atoms with Crippen molar-refractivity contribution in [2.75, 3.05) is 53.0 Å². The molecule has 1 aliphatic rings. The lowest BCUT2D eigenvalue weighted by Crippen LogP contribution is -2.50. The van der Waals surface area contributed by atoms with Crippen LogP contribution >= 0.6 is 0 Å². The number of carbonyl (C=O) groups is 1. The summed E-state index contributed by atoms with van der Waals surface area (Å²) in [4.78, 5) is 16.7. The summed E-state index contributed by atoms with van der Waals surface area (Å²) in [6.07, 6.45) is -0.600. The molecule has 1 heterocycles. The minimum Gasteiger partial charge on any atom is -0.497 e. The van der Waals surface area contributed by atoms with Gasteiger partial charge in [-0.2, -0.15) is 0 Å². The molecule has 0 saturated carbocycles. The smallest absolute Gasteiger partial charge is 0.254 e. The van der Waals surface area contributed by atoms with E-state index in [9.17, 15) is 9.90 Å². The van der Waals surface area contributed by atoms with E-state index in [-0.39, 0.29) is 12.5 Å². The number of methoxy groups -OCH3 is 1. The van der Waals surface area contributed by atoms with Crippen LogP contribution in [-0.4, -0.2) is 80.0 Å². The molecular weight excluding hydrogens is 384 g/mol. The molecular formula is C23H30N2O5. The molecule has 1 N–H and O–H groups in total. The molecule has 162 valence electrons. The van der Waals surface area contributed by atoms with Crippen LogP contribution in [0.2, 0.25) is 0 Å². The third kappa shape index (κ3) is 6.11. The molecule has 1 saturated heterocycles. The summed E-state index contributed by atoms with van der Waals surface area (Å²) < 4.78 is 16.3. The van der Waals surface area contributed by atoms with Crippen molar-refractivity contribution < 1.29 is 24.1 Å². The molecule has 0 bridgehead atoms. The number of aliphatic hydroxyl groups is 1. The predicted molar refractivity (Wildman–Crippen MR) is 114 cm³/mol. The highest BCUT2D eigenvalue weighted by Gasteiger charge is 2.23. The van der Waals surface area contributed by atoms with Crippen LogP contribution < -0.4 is 14.2 Å². The van der Waals surface area contributed by atoms with Gasteiger partial charge in [-0.3, -0.25) is 9.69 Å². The SMILES string of the molecule is CCOc1ccc(OCC(O)CN2CCN(C(=O)c3cccc(OC)c3)CC2)cc1. The Hall–Kier alpha value is -2.77. The molecule has 0 radical (unpaired) electrons. The van der Waals surface area contributed by atoms with E-state index in [0.29, 0.717) is 43.3 Å². The van der Waals surface area contributed by atoms with Crippen LogP contribution in [0.25, 0.3) is 0 Å². The largest absolute Gasteiger partial charge is 0.497 e. The molecule has 7 nitrogen and oxygen atoms in total. The van der Waals surface area contributed by atoms with E-state index in [1.165, 1.54) is 0 Å². The van der Waals surface area contributed by atoms with Crippen molar-refractivity contribution >= 4 is 5.91 Å². The Morgan fingerprint density at radius 2 is 1.67 bits per heavy atom. The first kappa shape index (κ1) is 21.9. The second-order valence-corrected chi connectivity index (χ2v) is 7.19. The van der Waals surface area contributed by atoms with E-state index in [1.54, 1.807) is 19.2 Å². The Morgan fingerprint density at radius 3 is 2.30 bits per heavy atom. The average molecular weight is 415 g/mol. The predicted octanol–water partition coefficient (Wildman–Crippen LogP) is 2.29. The molecule has 1 fully saturated rings. The summed E-state index contributed by atoms with van der Waals surface area (Å²) in [6, 6.07) is 14.6. The third-order valence-corrected chi connectivity index (χ3v) is 5.02. The lowest BCUT2D eigenvalue weighted by Gasteiger charge is -2.35. The summed E-state index contributed by atoms with van der Waals surface area (Å²) in [5.41, 5.74) is 0.631. The molecule has 1 atom stereocenters. The highest BCUT2D eigenvalue weighted by atomic mass is 16.5. The average Bonchev–Trinajstić information content (AvgIpc) is 2.79. The van der Waals surface area contributed by atoms with Crippen molar-refractivity contribution in [2.24, 2.45) is 0 Å². The van der Waals surface area contributed by atoms with Gasteiger partial charge in [0.15, 0.2) is 0 Å². The molecule has 1 amide bonds. The summed E-state index contributed by atoms with van der Waals surface area (Å²) in [6.45, 7) is 5.98. The fourth-order valence-electron chi connectivity index (χ4n) is 3.41. The van der Waals surface area contributed by atoms with E-state index >= 15 is 0 Å². The Kier molecular flexibility index (Phi) is 7.93. The highest BCUT2D eigenvalue weighted by Crippen LogP contribution is 2.18. The van der Waals surface area contributed by atoms with E-state index in [1.807, 2.05) is 48.2 Å². The quantitative estimate of drug-likeness (QED) is 0.679. The molecule has 1 aliphatic heterocycles. The second-order valence-electron chi connectivity index (χ2n) is 7.19. The number of amides is 1. The van der Waals surface area contributed by atoms with E-state index < -0.39 is 6.10 Å². The number of ether oxygens (including phenoxy) is 3. The van der Waals surface area contributed by atoms with Gasteiger partial charge in [-0.25, -0.2) is 0 Å². The van der Waals surface area contributed by atoms with Crippen LogP contribution in [0.3, 0.4) is 0 Å². The lowest BCUT2D eigenvalue weighted by atomic mass is 10.1. The monoisotopic (exact) mass is 414 g/mol. The number of aliphatic hydroxyl groups excluding tert-OH is 1. The van der Waals surface area contributed by atoms with E-state index in [0.717, 1.165) is 18.8 Å². The van der Waals surface area contributed by atoms with Gasteiger partial charge in [0.1, 0.15) is 30.0 Å². The minimum atomic E-state index is -0.600. The maximum Gasteiger partial charge on any atom is 0.254 e. The standard InChI is InChI=1S/C23H30N2O5/c1-3-29-20-7-9-21(10-8-20)30-17-19(26)16-24-11-13-25(14-12-24)23(27)18-5-4-6-22(15-18)28-2/h4-10,15,19,26H,3,11-14,16-17H2,1-2H3. The van der Waals surface area contributed by atoms with Gasteiger partial charge in [-0.05, 0) is 49.4 Å². The fraction of sp³-hybridized carbons (Fsp3) is 0.435. The molecule has 30 heavy (non-hydrogen) atoms. The molecule has 7 heteroatoms. The van der Waals surface area contributed by atoms with Crippen LogP contribution in [0.5, 0.6) is 17.2 Å². The lowest BCUT2D eigenvalue weighted by molar-refractivity contribution is 0.0403. The minimum absolute atomic E-state index is 0.00734. The molecule has 0 aliphatic carbocycles. The first-order valence-electron chi connectivity index (χ1n) is 10.3. The number of hydrogen-bond acceptors (Lipinski definition) is 6. The van der Waals surface area contributed by atoms with Gasteiger partial charge in [-0.15, -0.1) is 0 Å². The zero-order chi connectivity index (χ0) is 21.3. The van der Waals surface area contributed by atoms with Crippen molar-refractivity contribution in [1.82, 2.24) is 9.80 Å². The molecule has 2 aromatic rings. The summed E-state index contributed by atoms with van der Waals surface area (Å²) >= 11 is 0. The van der Waals surface area contributed by atoms with Crippen LogP contribution in [0.15, 0.2) is 48.5 Å². The van der Waals surface area contributed by atoms with Gasteiger partial charge in [-0.1, -0.05) is 6.07 Å². The molecule has 2 aromatic carbocycles. The zero-order valence-corrected chi connectivity index (χ0v) is 17.6. The van der Waals surface area contributed by atoms with Gasteiger partial charge >= 0.3 is 0 Å². The van der Waals surface area contributed by atoms with Crippen LogP contribution in [0, 0.1) is 0 Å². The number of nitrogens with zero attached hydrogens (tertiary/aromatic N) is 2. The second kappa shape index (κ2) is 10.8. The maximum absolute atomic E-state index is 12.7. The first-order valence-corrected chi connectivity index (χ1v) is 10.3. The maximum atomic E-state index is 12.7. The molecule has 0 aromatic heterocycles. The summed E-state index contributed by atoms with van der Waals surface area (Å²) in [5, 5.41) is 10.3. The topological polar surface area (TPSA) is 71.5 Å². The molecule has 1 unspecified atom stereocenters. The van der Waals surface area contributed by atoms with Gasteiger partial charge in [0, 0.05) is 38.3 Å². The van der Waals surface area contributed by atoms with Gasteiger partial charge in [0.2, 0.25) is 0 Å². The van der Waals surface area contributed by atoms with Crippen LogP contribution in [0.4, 0.5) is 0 Å². The van der Waals surface area contributed by atoms with Crippen molar-refractivity contribution in [3.63, 3.8) is 0 Å². The summed E-state index contributed by atoms with van der Waals surface area (Å²) in [7, 11) is 1.59. The number of rotatable bonds is 9. The Balaban J connectivity index is 1.41. The van der Waals surface area contributed by atoms with Crippen LogP contribution in [0.1, 0.15) is 17.3 Å². The van der Waals surface area contributed by atoms with Crippen molar-refractivity contribution in [1.29, 1.82) is 0 Å². The van der Waals surface area contributed by atoms with Gasteiger partial charge in [0.25, 0.3) is 5.91 Å². The number of piperazine rings is 1. The normalized spacial score (nSPS) is 15.5. The highest BCUT2D eigenvalue weighted by molar-refractivity contribution is 5.94. The van der Waals surface area contributed by atoms with Gasteiger partial charge in [0.05, 0.1) is 13.7 Å². The number of hydrogen-bond donors (Lipinski definition) is 1.